The molecular formula is C12H10ClN3O4S. The molecule has 2 aromatic rings. The number of pyridine rings is 1. The van der Waals surface area contributed by atoms with Gasteiger partial charge in [0.2, 0.25) is 0 Å². The molecule has 0 spiro atoms. The van der Waals surface area contributed by atoms with Crippen LogP contribution in [0.1, 0.15) is 10.4 Å². The van der Waals surface area contributed by atoms with E-state index in [1.165, 1.54) is 24.3 Å². The SMILES string of the molecule is Nc1ccc(C(=O)O)c(S(=O)(=O)Nc2cccc(Cl)n2)c1. The van der Waals surface area contributed by atoms with Crippen molar-refractivity contribution < 1.29 is 18.3 Å². The number of halogens is 1. The topological polar surface area (TPSA) is 122 Å². The zero-order valence-electron chi connectivity index (χ0n) is 10.4. The normalized spacial score (nSPS) is 11.1. The number of nitrogens with one attached hydrogen (secondary N) is 1. The Morgan fingerprint density at radius 2 is 2.00 bits per heavy atom. The molecule has 0 fully saturated rings. The molecule has 21 heavy (non-hydrogen) atoms. The van der Waals surface area contributed by atoms with Gasteiger partial charge in [0.25, 0.3) is 10.0 Å². The van der Waals surface area contributed by atoms with Crippen LogP contribution in [-0.4, -0.2) is 24.5 Å². The van der Waals surface area contributed by atoms with Gasteiger partial charge in [-0.05, 0) is 30.3 Å². The number of nitrogens with two attached hydrogens (primary N) is 1. The van der Waals surface area contributed by atoms with Crippen molar-refractivity contribution in [3.05, 3.63) is 47.1 Å². The highest BCUT2D eigenvalue weighted by atomic mass is 35.5. The van der Waals surface area contributed by atoms with E-state index in [2.05, 4.69) is 9.71 Å². The van der Waals surface area contributed by atoms with Crippen LogP contribution in [-0.2, 0) is 10.0 Å². The third kappa shape index (κ3) is 3.41. The number of aromatic carboxylic acids is 1. The second kappa shape index (κ2) is 5.58. The summed E-state index contributed by atoms with van der Waals surface area (Å²) in [5.74, 6) is -1.41. The first kappa shape index (κ1) is 15.1. The summed E-state index contributed by atoms with van der Waals surface area (Å²) in [6.07, 6.45) is 0. The predicted molar refractivity (Wildman–Crippen MR) is 77.9 cm³/mol. The smallest absolute Gasteiger partial charge is 0.337 e. The highest BCUT2D eigenvalue weighted by Crippen LogP contribution is 2.22. The molecule has 0 bridgehead atoms. The van der Waals surface area contributed by atoms with Crippen molar-refractivity contribution in [1.82, 2.24) is 4.98 Å². The molecule has 0 saturated heterocycles. The fourth-order valence-corrected chi connectivity index (χ4v) is 2.99. The second-order valence-electron chi connectivity index (χ2n) is 4.01. The van der Waals surface area contributed by atoms with Crippen molar-refractivity contribution in [2.45, 2.75) is 4.90 Å². The summed E-state index contributed by atoms with van der Waals surface area (Å²) in [5.41, 5.74) is 5.25. The van der Waals surface area contributed by atoms with E-state index >= 15 is 0 Å². The van der Waals surface area contributed by atoms with Gasteiger partial charge in [-0.3, -0.25) is 4.72 Å². The lowest BCUT2D eigenvalue weighted by atomic mass is 10.2. The molecule has 0 saturated carbocycles. The fraction of sp³-hybridized carbons (Fsp3) is 0. The molecule has 1 heterocycles. The van der Waals surface area contributed by atoms with Crippen molar-refractivity contribution in [3.8, 4) is 0 Å². The lowest BCUT2D eigenvalue weighted by Gasteiger charge is -2.10. The van der Waals surface area contributed by atoms with E-state index in [-0.39, 0.29) is 16.7 Å². The molecule has 0 unspecified atom stereocenters. The molecule has 1 aromatic carbocycles. The molecule has 0 amide bonds. The number of carbonyl (C=O) groups is 1. The Bertz CT molecular complexity index is 808. The molecule has 0 radical (unpaired) electrons. The number of nitrogens with zero attached hydrogens (tertiary/aromatic N) is 1. The zero-order chi connectivity index (χ0) is 15.6. The number of carboxylic acid groups (broad SMARTS) is 1. The molecule has 7 nitrogen and oxygen atoms in total. The third-order valence-electron chi connectivity index (χ3n) is 2.48. The van der Waals surface area contributed by atoms with Gasteiger partial charge in [-0.15, -0.1) is 0 Å². The Morgan fingerprint density at radius 1 is 1.29 bits per heavy atom. The molecule has 4 N–H and O–H groups in total. The third-order valence-corrected chi connectivity index (χ3v) is 4.08. The van der Waals surface area contributed by atoms with Gasteiger partial charge in [-0.2, -0.15) is 0 Å². The Hall–Kier alpha value is -2.32. The number of nitrogen functional groups attached to an aromatic ring is 1. The van der Waals surface area contributed by atoms with Crippen LogP contribution in [0.15, 0.2) is 41.3 Å². The first-order chi connectivity index (χ1) is 9.79. The number of aromatic nitrogens is 1. The van der Waals surface area contributed by atoms with Gasteiger partial charge in [0.05, 0.1) is 5.56 Å². The Labute approximate surface area is 125 Å². The largest absolute Gasteiger partial charge is 0.478 e. The molecule has 110 valence electrons. The van der Waals surface area contributed by atoms with Crippen molar-refractivity contribution in [2.24, 2.45) is 0 Å². The average Bonchev–Trinajstić information content (AvgIpc) is 2.37. The molecule has 0 atom stereocenters. The van der Waals surface area contributed by atoms with Crippen LogP contribution in [0.2, 0.25) is 5.15 Å². The Balaban J connectivity index is 2.49. The van der Waals surface area contributed by atoms with E-state index in [4.69, 9.17) is 22.4 Å². The summed E-state index contributed by atoms with van der Waals surface area (Å²) in [7, 11) is -4.16. The minimum absolute atomic E-state index is 0.0266. The van der Waals surface area contributed by atoms with Crippen molar-refractivity contribution >= 4 is 39.1 Å². The van der Waals surface area contributed by atoms with Crippen LogP contribution < -0.4 is 10.5 Å². The van der Waals surface area contributed by atoms with Gasteiger partial charge in [0, 0.05) is 5.69 Å². The molecule has 0 aliphatic heterocycles. The van der Waals surface area contributed by atoms with Crippen LogP contribution in [0.25, 0.3) is 0 Å². The van der Waals surface area contributed by atoms with E-state index in [9.17, 15) is 13.2 Å². The van der Waals surface area contributed by atoms with Gasteiger partial charge in [0.15, 0.2) is 0 Å². The maximum atomic E-state index is 12.3. The fourth-order valence-electron chi connectivity index (χ4n) is 1.60. The standard InChI is InChI=1S/C12H10ClN3O4S/c13-10-2-1-3-11(15-10)16-21(19,20)9-6-7(14)4-5-8(9)12(17)18/h1-6H,14H2,(H,15,16)(H,17,18). The maximum Gasteiger partial charge on any atom is 0.337 e. The molecular weight excluding hydrogens is 318 g/mol. The predicted octanol–water partition coefficient (Wildman–Crippen LogP) is 1.82. The zero-order valence-corrected chi connectivity index (χ0v) is 12.0. The highest BCUT2D eigenvalue weighted by molar-refractivity contribution is 7.92. The highest BCUT2D eigenvalue weighted by Gasteiger charge is 2.23. The number of carboxylic acids is 1. The van der Waals surface area contributed by atoms with Crippen molar-refractivity contribution in [3.63, 3.8) is 0 Å². The van der Waals surface area contributed by atoms with Crippen LogP contribution >= 0.6 is 11.6 Å². The first-order valence-corrected chi connectivity index (χ1v) is 7.44. The number of hydrogen-bond acceptors (Lipinski definition) is 5. The van der Waals surface area contributed by atoms with Crippen LogP contribution in [0.5, 0.6) is 0 Å². The summed E-state index contributed by atoms with van der Waals surface area (Å²) < 4.78 is 26.7. The molecule has 0 aliphatic carbocycles. The average molecular weight is 328 g/mol. The summed E-state index contributed by atoms with van der Waals surface area (Å²) >= 11 is 5.67. The summed E-state index contributed by atoms with van der Waals surface area (Å²) in [6, 6.07) is 7.86. The summed E-state index contributed by atoms with van der Waals surface area (Å²) in [6.45, 7) is 0. The summed E-state index contributed by atoms with van der Waals surface area (Å²) in [4.78, 5) is 14.4. The minimum atomic E-state index is -4.16. The van der Waals surface area contributed by atoms with E-state index in [1.807, 2.05) is 0 Å². The van der Waals surface area contributed by atoms with Gasteiger partial charge in [0.1, 0.15) is 15.9 Å². The maximum absolute atomic E-state index is 12.3. The van der Waals surface area contributed by atoms with Gasteiger partial charge < -0.3 is 10.8 Å². The number of rotatable bonds is 4. The molecule has 9 heteroatoms. The van der Waals surface area contributed by atoms with E-state index in [1.54, 1.807) is 0 Å². The Kier molecular flexibility index (Phi) is 4.01. The lowest BCUT2D eigenvalue weighted by Crippen LogP contribution is -2.18. The van der Waals surface area contributed by atoms with Crippen LogP contribution in [0.3, 0.4) is 0 Å². The van der Waals surface area contributed by atoms with Crippen molar-refractivity contribution in [2.75, 3.05) is 10.5 Å². The monoisotopic (exact) mass is 327 g/mol. The molecule has 2 rings (SSSR count). The molecule has 1 aromatic heterocycles. The number of sulfonamides is 1. The number of benzene rings is 1. The van der Waals surface area contributed by atoms with E-state index in [0.29, 0.717) is 0 Å². The Morgan fingerprint density at radius 3 is 2.62 bits per heavy atom. The van der Waals surface area contributed by atoms with E-state index in [0.717, 1.165) is 12.1 Å². The van der Waals surface area contributed by atoms with Crippen LogP contribution in [0.4, 0.5) is 11.5 Å². The van der Waals surface area contributed by atoms with Gasteiger partial charge in [-0.25, -0.2) is 18.2 Å². The van der Waals surface area contributed by atoms with Gasteiger partial charge >= 0.3 is 5.97 Å². The quantitative estimate of drug-likeness (QED) is 0.581. The van der Waals surface area contributed by atoms with Crippen molar-refractivity contribution in [1.29, 1.82) is 0 Å². The van der Waals surface area contributed by atoms with Gasteiger partial charge in [-0.1, -0.05) is 17.7 Å². The minimum Gasteiger partial charge on any atom is -0.478 e. The van der Waals surface area contributed by atoms with Crippen LogP contribution in [0, 0.1) is 0 Å². The summed E-state index contributed by atoms with van der Waals surface area (Å²) in [5, 5.41) is 9.16. The first-order valence-electron chi connectivity index (χ1n) is 5.58. The molecule has 0 aliphatic rings. The number of hydrogen-bond donors (Lipinski definition) is 3. The lowest BCUT2D eigenvalue weighted by molar-refractivity contribution is 0.0692. The number of anilines is 2. The van der Waals surface area contributed by atoms with E-state index < -0.39 is 26.5 Å². The second-order valence-corrected chi connectivity index (χ2v) is 6.05.